The van der Waals surface area contributed by atoms with Crippen molar-refractivity contribution >= 4 is 40.0 Å². The van der Waals surface area contributed by atoms with Crippen LogP contribution in [0.25, 0.3) is 0 Å². The summed E-state index contributed by atoms with van der Waals surface area (Å²) in [5.41, 5.74) is 2.77. The van der Waals surface area contributed by atoms with Crippen LogP contribution in [0.3, 0.4) is 0 Å². The van der Waals surface area contributed by atoms with Crippen molar-refractivity contribution in [2.24, 2.45) is 0 Å². The molecule has 28 heavy (non-hydrogen) atoms. The molecule has 0 fully saturated rings. The van der Waals surface area contributed by atoms with Crippen LogP contribution in [0.1, 0.15) is 46.1 Å². The highest BCUT2D eigenvalue weighted by molar-refractivity contribution is 7.99. The van der Waals surface area contributed by atoms with Crippen molar-refractivity contribution in [3.63, 3.8) is 0 Å². The largest absolute Gasteiger partial charge is 0.497 e. The van der Waals surface area contributed by atoms with E-state index < -0.39 is 0 Å². The summed E-state index contributed by atoms with van der Waals surface area (Å²) in [4.78, 5) is 26.1. The molecule has 0 radical (unpaired) electrons. The van der Waals surface area contributed by atoms with Crippen molar-refractivity contribution in [3.05, 3.63) is 45.8 Å². The monoisotopic (exact) mass is 419 g/mol. The molecule has 0 unspecified atom stereocenters. The number of fused-ring (bicyclic) bond motifs is 1. The molecule has 7 heteroatoms. The van der Waals surface area contributed by atoms with Gasteiger partial charge in [0.25, 0.3) is 0 Å². The average Bonchev–Trinajstić information content (AvgIpc) is 3.06. The molecule has 2 aromatic rings. The van der Waals surface area contributed by atoms with Crippen LogP contribution in [0.4, 0.5) is 5.00 Å². The van der Waals surface area contributed by atoms with Gasteiger partial charge in [-0.3, -0.25) is 4.79 Å². The second kappa shape index (κ2) is 9.98. The van der Waals surface area contributed by atoms with Crippen molar-refractivity contribution in [2.45, 2.75) is 38.4 Å². The molecule has 1 aromatic heterocycles. The van der Waals surface area contributed by atoms with Gasteiger partial charge in [-0.05, 0) is 55.9 Å². The minimum Gasteiger partial charge on any atom is -0.497 e. The number of amides is 1. The third-order valence-electron chi connectivity index (χ3n) is 4.56. The van der Waals surface area contributed by atoms with E-state index in [9.17, 15) is 9.59 Å². The smallest absolute Gasteiger partial charge is 0.341 e. The van der Waals surface area contributed by atoms with Crippen LogP contribution in [-0.4, -0.2) is 31.3 Å². The fourth-order valence-electron chi connectivity index (χ4n) is 3.22. The molecule has 0 saturated carbocycles. The Balaban J connectivity index is 1.61. The first kappa shape index (κ1) is 20.7. The zero-order valence-electron chi connectivity index (χ0n) is 16.2. The van der Waals surface area contributed by atoms with Crippen molar-refractivity contribution in [2.75, 3.05) is 24.8 Å². The van der Waals surface area contributed by atoms with Gasteiger partial charge in [0.2, 0.25) is 5.91 Å². The first-order valence-electron chi connectivity index (χ1n) is 9.44. The lowest BCUT2D eigenvalue weighted by atomic mass is 9.95. The van der Waals surface area contributed by atoms with Crippen LogP contribution < -0.4 is 10.1 Å². The van der Waals surface area contributed by atoms with E-state index in [-0.39, 0.29) is 11.9 Å². The predicted molar refractivity (Wildman–Crippen MR) is 115 cm³/mol. The minimum atomic E-state index is -0.330. The van der Waals surface area contributed by atoms with E-state index in [0.717, 1.165) is 48.3 Å². The lowest BCUT2D eigenvalue weighted by Gasteiger charge is -2.12. The highest BCUT2D eigenvalue weighted by Gasteiger charge is 2.27. The zero-order valence-corrected chi connectivity index (χ0v) is 17.8. The summed E-state index contributed by atoms with van der Waals surface area (Å²) >= 11 is 3.06. The van der Waals surface area contributed by atoms with Crippen LogP contribution in [0, 0.1) is 0 Å². The number of rotatable bonds is 8. The fraction of sp³-hybridized carbons (Fsp3) is 0.429. The molecule has 1 N–H and O–H groups in total. The van der Waals surface area contributed by atoms with E-state index in [1.54, 1.807) is 25.8 Å². The first-order chi connectivity index (χ1) is 13.6. The Bertz CT molecular complexity index is 830. The SMILES string of the molecule is CCOC(=O)c1c(NC(=O)CSCc2ccc(OC)cc2)sc2c1CCCC2. The number of carbonyl (C=O) groups excluding carboxylic acids is 2. The second-order valence-electron chi connectivity index (χ2n) is 6.52. The maximum atomic E-state index is 12.5. The van der Waals surface area contributed by atoms with E-state index >= 15 is 0 Å². The maximum absolute atomic E-state index is 12.5. The van der Waals surface area contributed by atoms with Crippen molar-refractivity contribution in [1.29, 1.82) is 0 Å². The number of hydrogen-bond acceptors (Lipinski definition) is 6. The number of benzene rings is 1. The Morgan fingerprint density at radius 2 is 1.93 bits per heavy atom. The number of methoxy groups -OCH3 is 1. The molecule has 0 aliphatic heterocycles. The summed E-state index contributed by atoms with van der Waals surface area (Å²) in [6, 6.07) is 7.82. The molecule has 150 valence electrons. The number of nitrogens with one attached hydrogen (secondary N) is 1. The molecule has 1 aliphatic rings. The molecule has 0 saturated heterocycles. The molecule has 1 heterocycles. The molecule has 1 aliphatic carbocycles. The normalized spacial score (nSPS) is 12.9. The molecule has 1 amide bonds. The Labute approximate surface area is 173 Å². The van der Waals surface area contributed by atoms with Gasteiger partial charge in [0.15, 0.2) is 0 Å². The van der Waals surface area contributed by atoms with E-state index in [2.05, 4.69) is 5.32 Å². The Kier molecular flexibility index (Phi) is 7.39. The van der Waals surface area contributed by atoms with E-state index in [1.165, 1.54) is 16.2 Å². The summed E-state index contributed by atoms with van der Waals surface area (Å²) in [5, 5.41) is 3.59. The van der Waals surface area contributed by atoms with Crippen molar-refractivity contribution in [1.82, 2.24) is 0 Å². The summed E-state index contributed by atoms with van der Waals surface area (Å²) in [7, 11) is 1.64. The Hall–Kier alpha value is -1.99. The van der Waals surface area contributed by atoms with Crippen LogP contribution >= 0.6 is 23.1 Å². The number of hydrogen-bond donors (Lipinski definition) is 1. The lowest BCUT2D eigenvalue weighted by molar-refractivity contribution is -0.113. The van der Waals surface area contributed by atoms with E-state index in [1.807, 2.05) is 24.3 Å². The van der Waals surface area contributed by atoms with Gasteiger partial charge in [0, 0.05) is 10.6 Å². The maximum Gasteiger partial charge on any atom is 0.341 e. The van der Waals surface area contributed by atoms with Crippen LogP contribution in [0.5, 0.6) is 5.75 Å². The first-order valence-corrected chi connectivity index (χ1v) is 11.4. The fourth-order valence-corrected chi connectivity index (χ4v) is 5.30. The standard InChI is InChI=1S/C21H25NO4S2/c1-3-26-21(24)19-16-6-4-5-7-17(16)28-20(19)22-18(23)13-27-12-14-8-10-15(25-2)11-9-14/h8-11H,3-7,12-13H2,1-2H3,(H,22,23). The summed E-state index contributed by atoms with van der Waals surface area (Å²) in [6.45, 7) is 2.12. The topological polar surface area (TPSA) is 64.6 Å². The number of carbonyl (C=O) groups is 2. The van der Waals surface area contributed by atoms with Gasteiger partial charge in [-0.1, -0.05) is 12.1 Å². The summed E-state index contributed by atoms with van der Waals surface area (Å²) < 4.78 is 10.4. The van der Waals surface area contributed by atoms with Crippen molar-refractivity contribution in [3.8, 4) is 5.75 Å². The quantitative estimate of drug-likeness (QED) is 0.629. The third kappa shape index (κ3) is 5.08. The highest BCUT2D eigenvalue weighted by Crippen LogP contribution is 2.38. The Morgan fingerprint density at radius 3 is 2.64 bits per heavy atom. The summed E-state index contributed by atoms with van der Waals surface area (Å²) in [6.07, 6.45) is 4.04. The van der Waals surface area contributed by atoms with Gasteiger partial charge in [0.05, 0.1) is 25.0 Å². The Morgan fingerprint density at radius 1 is 1.18 bits per heavy atom. The minimum absolute atomic E-state index is 0.0948. The molecule has 0 atom stereocenters. The predicted octanol–water partition coefficient (Wildman–Crippen LogP) is 4.68. The zero-order chi connectivity index (χ0) is 19.9. The third-order valence-corrected chi connectivity index (χ3v) is 6.78. The molecular weight excluding hydrogens is 394 g/mol. The van der Waals surface area contributed by atoms with Gasteiger partial charge in [0.1, 0.15) is 10.8 Å². The van der Waals surface area contributed by atoms with Crippen LogP contribution in [0.15, 0.2) is 24.3 Å². The number of thiophene rings is 1. The highest BCUT2D eigenvalue weighted by atomic mass is 32.2. The second-order valence-corrected chi connectivity index (χ2v) is 8.62. The van der Waals surface area contributed by atoms with Gasteiger partial charge in [-0.25, -0.2) is 4.79 Å². The number of thioether (sulfide) groups is 1. The molecule has 0 bridgehead atoms. The van der Waals surface area contributed by atoms with Crippen LogP contribution in [-0.2, 0) is 28.1 Å². The molecular formula is C21H25NO4S2. The van der Waals surface area contributed by atoms with E-state index in [0.29, 0.717) is 22.9 Å². The number of esters is 1. The molecule has 3 rings (SSSR count). The van der Waals surface area contributed by atoms with Gasteiger partial charge < -0.3 is 14.8 Å². The molecule has 1 aromatic carbocycles. The number of anilines is 1. The number of ether oxygens (including phenoxy) is 2. The van der Waals surface area contributed by atoms with Gasteiger partial charge in [-0.2, -0.15) is 0 Å². The average molecular weight is 420 g/mol. The van der Waals surface area contributed by atoms with Gasteiger partial charge in [-0.15, -0.1) is 23.1 Å². The van der Waals surface area contributed by atoms with Crippen molar-refractivity contribution < 1.29 is 19.1 Å². The molecule has 0 spiro atoms. The summed E-state index contributed by atoms with van der Waals surface area (Å²) in [5.74, 6) is 1.46. The number of aryl methyl sites for hydroxylation is 1. The molecule has 5 nitrogen and oxygen atoms in total. The van der Waals surface area contributed by atoms with E-state index in [4.69, 9.17) is 9.47 Å². The van der Waals surface area contributed by atoms with Gasteiger partial charge >= 0.3 is 5.97 Å². The lowest BCUT2D eigenvalue weighted by Crippen LogP contribution is -2.17. The van der Waals surface area contributed by atoms with Crippen LogP contribution in [0.2, 0.25) is 0 Å².